The molecule has 0 saturated heterocycles. The fourth-order valence-electron chi connectivity index (χ4n) is 1.31. The number of hydrogen-bond donors (Lipinski definition) is 2. The summed E-state index contributed by atoms with van der Waals surface area (Å²) in [6.45, 7) is 2.62. The van der Waals surface area contributed by atoms with Crippen LogP contribution in [-0.4, -0.2) is 22.9 Å². The molecule has 2 rings (SSSR count). The predicted octanol–water partition coefficient (Wildman–Crippen LogP) is 1.72. The zero-order chi connectivity index (χ0) is 13.6. The smallest absolute Gasteiger partial charge is 0.395 e. The van der Waals surface area contributed by atoms with Gasteiger partial charge in [-0.3, -0.25) is 4.79 Å². The highest BCUT2D eigenvalue weighted by Crippen LogP contribution is 2.42. The molecule has 1 amide bonds. The second-order valence-electron chi connectivity index (χ2n) is 4.34. The zero-order valence-electron chi connectivity index (χ0n) is 9.66. The van der Waals surface area contributed by atoms with Crippen LogP contribution < -0.4 is 14.8 Å². The topological polar surface area (TPSA) is 67.8 Å². The van der Waals surface area contributed by atoms with Crippen molar-refractivity contribution in [2.75, 3.05) is 5.32 Å². The Morgan fingerprint density at radius 1 is 1.33 bits per heavy atom. The summed E-state index contributed by atoms with van der Waals surface area (Å²) < 4.78 is 33.9. The van der Waals surface area contributed by atoms with E-state index in [4.69, 9.17) is 0 Å². The van der Waals surface area contributed by atoms with Crippen LogP contribution >= 0.6 is 0 Å². The van der Waals surface area contributed by atoms with E-state index in [2.05, 4.69) is 14.8 Å². The van der Waals surface area contributed by atoms with Gasteiger partial charge in [-0.15, -0.1) is 8.78 Å². The highest BCUT2D eigenvalue weighted by Gasteiger charge is 2.43. The van der Waals surface area contributed by atoms with E-state index in [1.165, 1.54) is 32.0 Å². The van der Waals surface area contributed by atoms with Gasteiger partial charge in [-0.1, -0.05) is 0 Å². The minimum atomic E-state index is -3.69. The van der Waals surface area contributed by atoms with Gasteiger partial charge in [-0.25, -0.2) is 0 Å². The van der Waals surface area contributed by atoms with Gasteiger partial charge in [0.1, 0.15) is 5.60 Å². The van der Waals surface area contributed by atoms with E-state index in [1.807, 2.05) is 0 Å². The van der Waals surface area contributed by atoms with Crippen LogP contribution in [0.15, 0.2) is 18.2 Å². The fourth-order valence-corrected chi connectivity index (χ4v) is 1.31. The molecule has 0 atom stereocenters. The molecule has 0 aromatic heterocycles. The van der Waals surface area contributed by atoms with Crippen molar-refractivity contribution in [3.8, 4) is 11.5 Å². The molecule has 1 aromatic rings. The van der Waals surface area contributed by atoms with Crippen molar-refractivity contribution in [3.05, 3.63) is 18.2 Å². The number of benzene rings is 1. The lowest BCUT2D eigenvalue weighted by atomic mass is 10.1. The molecule has 1 aromatic carbocycles. The monoisotopic (exact) mass is 259 g/mol. The maximum atomic E-state index is 12.7. The minimum absolute atomic E-state index is 0.110. The Kier molecular flexibility index (Phi) is 2.66. The van der Waals surface area contributed by atoms with E-state index >= 15 is 0 Å². The van der Waals surface area contributed by atoms with Crippen molar-refractivity contribution in [3.63, 3.8) is 0 Å². The summed E-state index contributed by atoms with van der Waals surface area (Å²) in [5.41, 5.74) is -1.34. The number of hydrogen-bond acceptors (Lipinski definition) is 4. The van der Waals surface area contributed by atoms with E-state index in [0.717, 1.165) is 0 Å². The maximum absolute atomic E-state index is 12.7. The molecule has 5 nitrogen and oxygen atoms in total. The van der Waals surface area contributed by atoms with E-state index in [-0.39, 0.29) is 17.2 Å². The molecule has 1 aliphatic heterocycles. The fraction of sp³-hybridized carbons (Fsp3) is 0.364. The molecule has 0 radical (unpaired) electrons. The molecule has 98 valence electrons. The first-order valence-corrected chi connectivity index (χ1v) is 5.11. The Labute approximate surface area is 101 Å². The van der Waals surface area contributed by atoms with Gasteiger partial charge in [0, 0.05) is 11.8 Å². The van der Waals surface area contributed by atoms with Crippen LogP contribution in [0.3, 0.4) is 0 Å². The van der Waals surface area contributed by atoms with Gasteiger partial charge < -0.3 is 19.9 Å². The lowest BCUT2D eigenvalue weighted by molar-refractivity contribution is -0.286. The van der Waals surface area contributed by atoms with Crippen LogP contribution in [0.25, 0.3) is 0 Å². The van der Waals surface area contributed by atoms with Gasteiger partial charge in [0.2, 0.25) is 0 Å². The molecular weight excluding hydrogens is 248 g/mol. The number of anilines is 1. The van der Waals surface area contributed by atoms with Gasteiger partial charge in [-0.2, -0.15) is 0 Å². The maximum Gasteiger partial charge on any atom is 0.586 e. The van der Waals surface area contributed by atoms with E-state index in [1.54, 1.807) is 0 Å². The average Bonchev–Trinajstić information content (AvgIpc) is 2.49. The first kappa shape index (κ1) is 12.6. The molecule has 0 spiro atoms. The van der Waals surface area contributed by atoms with Crippen molar-refractivity contribution in [1.29, 1.82) is 0 Å². The average molecular weight is 259 g/mol. The van der Waals surface area contributed by atoms with Crippen molar-refractivity contribution in [1.82, 2.24) is 0 Å². The SMILES string of the molecule is CC(C)(O)C(=O)Nc1ccc2c(c1)OC(F)(F)O2. The first-order valence-electron chi connectivity index (χ1n) is 5.11. The van der Waals surface area contributed by atoms with Crippen molar-refractivity contribution in [2.24, 2.45) is 0 Å². The van der Waals surface area contributed by atoms with Crippen LogP contribution in [0.2, 0.25) is 0 Å². The number of alkyl halides is 2. The quantitative estimate of drug-likeness (QED) is 0.848. The normalized spacial score (nSPS) is 16.5. The van der Waals surface area contributed by atoms with Crippen molar-refractivity contribution in [2.45, 2.75) is 25.7 Å². The summed E-state index contributed by atoms with van der Waals surface area (Å²) in [4.78, 5) is 11.5. The van der Waals surface area contributed by atoms with E-state index in [0.29, 0.717) is 0 Å². The Morgan fingerprint density at radius 3 is 2.56 bits per heavy atom. The molecule has 18 heavy (non-hydrogen) atoms. The van der Waals surface area contributed by atoms with Crippen LogP contribution in [0, 0.1) is 0 Å². The van der Waals surface area contributed by atoms with Gasteiger partial charge in [0.05, 0.1) is 0 Å². The molecule has 0 bridgehead atoms. The number of nitrogens with one attached hydrogen (secondary N) is 1. The zero-order valence-corrected chi connectivity index (χ0v) is 9.66. The third-order valence-electron chi connectivity index (χ3n) is 2.21. The third-order valence-corrected chi connectivity index (χ3v) is 2.21. The van der Waals surface area contributed by atoms with Crippen LogP contribution in [0.4, 0.5) is 14.5 Å². The number of aliphatic hydroxyl groups is 1. The minimum Gasteiger partial charge on any atom is -0.395 e. The lowest BCUT2D eigenvalue weighted by Gasteiger charge is -2.16. The number of ether oxygens (including phenoxy) is 2. The van der Waals surface area contributed by atoms with Crippen molar-refractivity contribution < 1.29 is 28.2 Å². The second-order valence-corrected chi connectivity index (χ2v) is 4.34. The molecule has 0 aliphatic carbocycles. The Bertz CT molecular complexity index is 496. The molecule has 0 unspecified atom stereocenters. The summed E-state index contributed by atoms with van der Waals surface area (Å²) >= 11 is 0. The van der Waals surface area contributed by atoms with Crippen molar-refractivity contribution >= 4 is 11.6 Å². The summed E-state index contributed by atoms with van der Waals surface area (Å²) in [6, 6.07) is 3.81. The predicted molar refractivity (Wildman–Crippen MR) is 57.6 cm³/mol. The lowest BCUT2D eigenvalue weighted by Crippen LogP contribution is -2.36. The highest BCUT2D eigenvalue weighted by molar-refractivity contribution is 5.96. The summed E-state index contributed by atoms with van der Waals surface area (Å²) in [6.07, 6.45) is -3.69. The van der Waals surface area contributed by atoms with Crippen LogP contribution in [0.1, 0.15) is 13.8 Å². The largest absolute Gasteiger partial charge is 0.586 e. The van der Waals surface area contributed by atoms with Gasteiger partial charge in [-0.05, 0) is 26.0 Å². The number of carbonyl (C=O) groups is 1. The summed E-state index contributed by atoms with van der Waals surface area (Å²) in [7, 11) is 0. The molecule has 0 fully saturated rings. The number of halogens is 2. The Balaban J connectivity index is 2.17. The number of rotatable bonds is 2. The molecule has 1 aliphatic rings. The number of amides is 1. The second kappa shape index (κ2) is 3.81. The Hall–Kier alpha value is -1.89. The van der Waals surface area contributed by atoms with Gasteiger partial charge >= 0.3 is 6.29 Å². The number of fused-ring (bicyclic) bond motifs is 1. The first-order chi connectivity index (χ1) is 8.17. The highest BCUT2D eigenvalue weighted by atomic mass is 19.3. The molecule has 0 saturated carbocycles. The summed E-state index contributed by atoms with van der Waals surface area (Å²) in [5, 5.41) is 11.8. The van der Waals surface area contributed by atoms with Gasteiger partial charge in [0.15, 0.2) is 11.5 Å². The van der Waals surface area contributed by atoms with E-state index < -0.39 is 17.8 Å². The van der Waals surface area contributed by atoms with Gasteiger partial charge in [0.25, 0.3) is 5.91 Å². The molecule has 7 heteroatoms. The molecule has 1 heterocycles. The molecular formula is C11H11F2NO4. The van der Waals surface area contributed by atoms with Crippen LogP contribution in [-0.2, 0) is 4.79 Å². The summed E-state index contributed by atoms with van der Waals surface area (Å²) in [5.74, 6) is -0.942. The third kappa shape index (κ3) is 2.51. The standard InChI is InChI=1S/C11H11F2NO4/c1-10(2,16)9(15)14-6-3-4-7-8(5-6)18-11(12,13)17-7/h3-5,16H,1-2H3,(H,14,15). The number of carbonyl (C=O) groups excluding carboxylic acids is 1. The Morgan fingerprint density at radius 2 is 1.94 bits per heavy atom. The van der Waals surface area contributed by atoms with E-state index in [9.17, 15) is 18.7 Å². The molecule has 2 N–H and O–H groups in total. The van der Waals surface area contributed by atoms with Crippen LogP contribution in [0.5, 0.6) is 11.5 Å².